The molecule has 1 amide bonds. The van der Waals surface area contributed by atoms with Crippen molar-refractivity contribution in [3.05, 3.63) is 65.0 Å². The molecular formula is C23H29FN2O2. The number of likely N-dealkylation sites (tertiary alicyclic amines) is 1. The predicted octanol–water partition coefficient (Wildman–Crippen LogP) is 4.94. The smallest absolute Gasteiger partial charge is 0.255 e. The SMILES string of the molecule is CC.Cc1cc(F)ccc1C(=O)Nc1cccc(C(=O)C2CCN(C)CC2)c1. The van der Waals surface area contributed by atoms with Crippen molar-refractivity contribution in [2.75, 3.05) is 25.5 Å². The molecule has 1 fully saturated rings. The van der Waals surface area contributed by atoms with E-state index in [9.17, 15) is 14.0 Å². The highest BCUT2D eigenvalue weighted by Gasteiger charge is 2.24. The lowest BCUT2D eigenvalue weighted by Gasteiger charge is -2.28. The molecule has 0 saturated carbocycles. The Bertz CT molecular complexity index is 827. The molecule has 0 unspecified atom stereocenters. The van der Waals surface area contributed by atoms with Crippen molar-refractivity contribution in [1.29, 1.82) is 0 Å². The Morgan fingerprint density at radius 1 is 1.07 bits per heavy atom. The standard InChI is InChI=1S/C21H23FN2O2.C2H6/c1-14-12-17(22)6-7-19(14)21(26)23-18-5-3-4-16(13-18)20(25)15-8-10-24(2)11-9-15;1-2/h3-7,12-13,15H,8-11H2,1-2H3,(H,23,26);1-2H3. The number of piperidine rings is 1. The summed E-state index contributed by atoms with van der Waals surface area (Å²) in [6, 6.07) is 11.1. The fourth-order valence-corrected chi connectivity index (χ4v) is 3.34. The van der Waals surface area contributed by atoms with E-state index in [0.717, 1.165) is 25.9 Å². The van der Waals surface area contributed by atoms with Crippen LogP contribution in [0.3, 0.4) is 0 Å². The van der Waals surface area contributed by atoms with Crippen molar-refractivity contribution in [2.24, 2.45) is 5.92 Å². The number of rotatable bonds is 4. The van der Waals surface area contributed by atoms with Crippen LogP contribution in [0.5, 0.6) is 0 Å². The zero-order chi connectivity index (χ0) is 20.7. The van der Waals surface area contributed by atoms with E-state index in [1.54, 1.807) is 31.2 Å². The average Bonchev–Trinajstić information content (AvgIpc) is 2.69. The second kappa shape index (κ2) is 10.1. The van der Waals surface area contributed by atoms with Crippen molar-refractivity contribution in [3.8, 4) is 0 Å². The second-order valence-electron chi connectivity index (χ2n) is 6.94. The fourth-order valence-electron chi connectivity index (χ4n) is 3.34. The van der Waals surface area contributed by atoms with Crippen LogP contribution in [0.2, 0.25) is 0 Å². The molecule has 150 valence electrons. The van der Waals surface area contributed by atoms with Crippen LogP contribution in [0.1, 0.15) is 53.0 Å². The minimum Gasteiger partial charge on any atom is -0.322 e. The predicted molar refractivity (Wildman–Crippen MR) is 111 cm³/mol. The summed E-state index contributed by atoms with van der Waals surface area (Å²) >= 11 is 0. The molecule has 5 heteroatoms. The molecule has 1 N–H and O–H groups in total. The number of Topliss-reactive ketones (excluding diaryl/α,β-unsaturated/α-hetero) is 1. The van der Waals surface area contributed by atoms with Gasteiger partial charge in [-0.25, -0.2) is 4.39 Å². The Labute approximate surface area is 166 Å². The Hall–Kier alpha value is -2.53. The van der Waals surface area contributed by atoms with Gasteiger partial charge in [-0.2, -0.15) is 0 Å². The average molecular weight is 384 g/mol. The van der Waals surface area contributed by atoms with Crippen molar-refractivity contribution in [3.63, 3.8) is 0 Å². The van der Waals surface area contributed by atoms with Gasteiger partial charge in [-0.1, -0.05) is 26.0 Å². The maximum absolute atomic E-state index is 13.2. The molecule has 4 nitrogen and oxygen atoms in total. The third kappa shape index (κ3) is 5.49. The van der Waals surface area contributed by atoms with Crippen LogP contribution in [-0.4, -0.2) is 36.7 Å². The summed E-state index contributed by atoms with van der Waals surface area (Å²) in [6.07, 6.45) is 1.72. The van der Waals surface area contributed by atoms with Gasteiger partial charge >= 0.3 is 0 Å². The van der Waals surface area contributed by atoms with Crippen LogP contribution in [0.25, 0.3) is 0 Å². The number of ketones is 1. The number of nitrogens with zero attached hydrogens (tertiary/aromatic N) is 1. The number of hydrogen-bond donors (Lipinski definition) is 1. The highest BCUT2D eigenvalue weighted by Crippen LogP contribution is 2.23. The maximum atomic E-state index is 13.2. The Kier molecular flexibility index (Phi) is 7.88. The summed E-state index contributed by atoms with van der Waals surface area (Å²) in [5, 5.41) is 2.80. The zero-order valence-corrected chi connectivity index (χ0v) is 17.1. The van der Waals surface area contributed by atoms with E-state index in [4.69, 9.17) is 0 Å². The first-order valence-electron chi connectivity index (χ1n) is 9.84. The van der Waals surface area contributed by atoms with Crippen molar-refractivity contribution in [2.45, 2.75) is 33.6 Å². The summed E-state index contributed by atoms with van der Waals surface area (Å²) in [6.45, 7) is 7.55. The van der Waals surface area contributed by atoms with E-state index < -0.39 is 0 Å². The number of carbonyl (C=O) groups is 2. The highest BCUT2D eigenvalue weighted by atomic mass is 19.1. The maximum Gasteiger partial charge on any atom is 0.255 e. The third-order valence-electron chi connectivity index (χ3n) is 4.93. The molecule has 1 saturated heterocycles. The lowest BCUT2D eigenvalue weighted by Crippen LogP contribution is -2.33. The van der Waals surface area contributed by atoms with Crippen LogP contribution < -0.4 is 5.32 Å². The van der Waals surface area contributed by atoms with Crippen LogP contribution in [0, 0.1) is 18.7 Å². The number of hydrogen-bond acceptors (Lipinski definition) is 3. The lowest BCUT2D eigenvalue weighted by molar-refractivity contribution is 0.0856. The Morgan fingerprint density at radius 3 is 2.39 bits per heavy atom. The molecule has 0 bridgehead atoms. The zero-order valence-electron chi connectivity index (χ0n) is 17.1. The van der Waals surface area contributed by atoms with Gasteiger partial charge in [0.15, 0.2) is 5.78 Å². The van der Waals surface area contributed by atoms with Gasteiger partial charge in [0.05, 0.1) is 0 Å². The molecule has 1 aliphatic heterocycles. The first-order chi connectivity index (χ1) is 13.4. The molecule has 2 aromatic carbocycles. The van der Waals surface area contributed by atoms with Crippen LogP contribution in [-0.2, 0) is 0 Å². The highest BCUT2D eigenvalue weighted by molar-refractivity contribution is 6.06. The normalized spacial score (nSPS) is 14.8. The summed E-state index contributed by atoms with van der Waals surface area (Å²) in [5.74, 6) is -0.514. The topological polar surface area (TPSA) is 49.4 Å². The van der Waals surface area contributed by atoms with Gasteiger partial charge in [0, 0.05) is 22.7 Å². The Morgan fingerprint density at radius 2 is 1.75 bits per heavy atom. The molecule has 2 aromatic rings. The van der Waals surface area contributed by atoms with Crippen LogP contribution in [0.4, 0.5) is 10.1 Å². The van der Waals surface area contributed by atoms with E-state index in [2.05, 4.69) is 17.3 Å². The first-order valence-corrected chi connectivity index (χ1v) is 9.84. The van der Waals surface area contributed by atoms with Gasteiger partial charge < -0.3 is 10.2 Å². The Balaban J connectivity index is 0.00000136. The van der Waals surface area contributed by atoms with E-state index in [1.807, 2.05) is 13.8 Å². The fraction of sp³-hybridized carbons (Fsp3) is 0.391. The number of anilines is 1. The quantitative estimate of drug-likeness (QED) is 0.760. The minimum absolute atomic E-state index is 0.0384. The number of aryl methyl sites for hydroxylation is 1. The number of nitrogens with one attached hydrogen (secondary N) is 1. The van der Waals surface area contributed by atoms with Gasteiger partial charge in [0.25, 0.3) is 5.91 Å². The number of amides is 1. The second-order valence-corrected chi connectivity index (χ2v) is 6.94. The van der Waals surface area contributed by atoms with Crippen LogP contribution in [0.15, 0.2) is 42.5 Å². The summed E-state index contributed by atoms with van der Waals surface area (Å²) in [4.78, 5) is 27.4. The summed E-state index contributed by atoms with van der Waals surface area (Å²) in [7, 11) is 2.06. The van der Waals surface area contributed by atoms with E-state index in [-0.39, 0.29) is 23.4 Å². The van der Waals surface area contributed by atoms with Gasteiger partial charge in [-0.15, -0.1) is 0 Å². The van der Waals surface area contributed by atoms with Gasteiger partial charge in [0.1, 0.15) is 5.82 Å². The van der Waals surface area contributed by atoms with Crippen molar-refractivity contribution < 1.29 is 14.0 Å². The minimum atomic E-state index is -0.371. The van der Waals surface area contributed by atoms with Gasteiger partial charge in [-0.05, 0) is 75.8 Å². The van der Waals surface area contributed by atoms with Crippen LogP contribution >= 0.6 is 0 Å². The summed E-state index contributed by atoms with van der Waals surface area (Å²) in [5.41, 5.74) is 2.17. The molecule has 0 spiro atoms. The number of carbonyl (C=O) groups excluding carboxylic acids is 2. The number of halogens is 1. The van der Waals surface area contributed by atoms with Gasteiger partial charge in [-0.3, -0.25) is 9.59 Å². The molecule has 0 aliphatic carbocycles. The van der Waals surface area contributed by atoms with E-state index in [1.165, 1.54) is 18.2 Å². The molecule has 1 aliphatic rings. The molecule has 0 atom stereocenters. The number of benzene rings is 2. The summed E-state index contributed by atoms with van der Waals surface area (Å²) < 4.78 is 13.2. The molecule has 0 aromatic heterocycles. The third-order valence-corrected chi connectivity index (χ3v) is 4.93. The molecule has 3 rings (SSSR count). The van der Waals surface area contributed by atoms with E-state index in [0.29, 0.717) is 22.4 Å². The monoisotopic (exact) mass is 384 g/mol. The van der Waals surface area contributed by atoms with Gasteiger partial charge in [0.2, 0.25) is 0 Å². The molecule has 1 heterocycles. The molecular weight excluding hydrogens is 355 g/mol. The van der Waals surface area contributed by atoms with E-state index >= 15 is 0 Å². The van der Waals surface area contributed by atoms with Crippen molar-refractivity contribution >= 4 is 17.4 Å². The largest absolute Gasteiger partial charge is 0.322 e. The first kappa shape index (κ1) is 21.8. The molecule has 0 radical (unpaired) electrons. The lowest BCUT2D eigenvalue weighted by atomic mass is 9.89. The van der Waals surface area contributed by atoms with Crippen molar-refractivity contribution in [1.82, 2.24) is 4.90 Å². The molecule has 28 heavy (non-hydrogen) atoms.